The zero-order valence-electron chi connectivity index (χ0n) is 26.4. The van der Waals surface area contributed by atoms with Crippen molar-refractivity contribution in [2.75, 3.05) is 0 Å². The molecular formula is C37H44O7. The summed E-state index contributed by atoms with van der Waals surface area (Å²) in [6.07, 6.45) is 13.0. The third-order valence-corrected chi connectivity index (χ3v) is 11.4. The third kappa shape index (κ3) is 4.14. The van der Waals surface area contributed by atoms with Gasteiger partial charge in [-0.05, 0) is 67.2 Å². The van der Waals surface area contributed by atoms with Gasteiger partial charge in [0.15, 0.2) is 17.2 Å². The van der Waals surface area contributed by atoms with Crippen molar-refractivity contribution in [3.63, 3.8) is 0 Å². The van der Waals surface area contributed by atoms with E-state index in [-0.39, 0.29) is 35.6 Å². The highest BCUT2D eigenvalue weighted by Gasteiger charge is 2.72. The molecule has 0 heterocycles. The molecule has 1 aromatic carbocycles. The number of Topliss-reactive ketones (excluding diaryl/α,β-unsaturated/α-hetero) is 3. The summed E-state index contributed by atoms with van der Waals surface area (Å²) in [5, 5.41) is 46.4. The van der Waals surface area contributed by atoms with Crippen molar-refractivity contribution in [2.45, 2.75) is 98.0 Å². The molecule has 1 aromatic rings. The van der Waals surface area contributed by atoms with Crippen LogP contribution < -0.4 is 0 Å². The number of aliphatic hydroxyl groups excluding tert-OH is 2. The molecular weight excluding hydrogens is 556 g/mol. The first-order valence-electron chi connectivity index (χ1n) is 16.1. The van der Waals surface area contributed by atoms with Crippen molar-refractivity contribution < 1.29 is 34.8 Å². The van der Waals surface area contributed by atoms with E-state index in [9.17, 15) is 34.8 Å². The average molecular weight is 601 g/mol. The summed E-state index contributed by atoms with van der Waals surface area (Å²) in [6, 6.07) is 3.40. The summed E-state index contributed by atoms with van der Waals surface area (Å²) in [5.41, 5.74) is -1.50. The van der Waals surface area contributed by atoms with Crippen LogP contribution in [0.15, 0.2) is 46.8 Å². The van der Waals surface area contributed by atoms with Crippen LogP contribution >= 0.6 is 0 Å². The highest BCUT2D eigenvalue weighted by Crippen LogP contribution is 2.65. The van der Waals surface area contributed by atoms with Crippen molar-refractivity contribution in [3.05, 3.63) is 63.5 Å². The second kappa shape index (κ2) is 10.3. The number of fused-ring (bicyclic) bond motifs is 3. The summed E-state index contributed by atoms with van der Waals surface area (Å²) >= 11 is 0. The molecule has 44 heavy (non-hydrogen) atoms. The van der Waals surface area contributed by atoms with E-state index in [1.54, 1.807) is 20.8 Å². The lowest BCUT2D eigenvalue weighted by molar-refractivity contribution is -0.178. The van der Waals surface area contributed by atoms with Gasteiger partial charge in [0.25, 0.3) is 0 Å². The fourth-order valence-corrected chi connectivity index (χ4v) is 9.69. The van der Waals surface area contributed by atoms with E-state index in [4.69, 9.17) is 0 Å². The number of hydrogen-bond donors (Lipinski definition) is 4. The summed E-state index contributed by atoms with van der Waals surface area (Å²) in [6.45, 7) is 8.22. The molecule has 0 amide bonds. The Bertz CT molecular complexity index is 1610. The molecule has 0 aliphatic heterocycles. The van der Waals surface area contributed by atoms with Crippen molar-refractivity contribution >= 4 is 28.7 Å². The Balaban J connectivity index is 1.46. The average Bonchev–Trinajstić information content (AvgIpc) is 3.39. The summed E-state index contributed by atoms with van der Waals surface area (Å²) in [5.74, 6) is -4.38. The Morgan fingerprint density at radius 3 is 2.34 bits per heavy atom. The van der Waals surface area contributed by atoms with Gasteiger partial charge in [0, 0.05) is 22.3 Å². The fraction of sp³-hybridized carbons (Fsp3) is 0.541. The Labute approximate surface area is 259 Å². The summed E-state index contributed by atoms with van der Waals surface area (Å²) < 4.78 is 0. The van der Waals surface area contributed by atoms with Gasteiger partial charge in [-0.15, -0.1) is 0 Å². The summed E-state index contributed by atoms with van der Waals surface area (Å²) in [7, 11) is 0. The normalized spacial score (nSPS) is 32.4. The second-order valence-electron chi connectivity index (χ2n) is 14.8. The Hall–Kier alpha value is -3.45. The smallest absolute Gasteiger partial charge is 0.203 e. The number of hydrogen-bond acceptors (Lipinski definition) is 7. The molecule has 0 radical (unpaired) electrons. The lowest BCUT2D eigenvalue weighted by Crippen LogP contribution is -2.69. The predicted octanol–water partition coefficient (Wildman–Crippen LogP) is 6.87. The molecule has 0 bridgehead atoms. The maximum Gasteiger partial charge on any atom is 0.203 e. The number of aliphatic hydroxyl groups is 3. The van der Waals surface area contributed by atoms with Crippen LogP contribution in [0.1, 0.15) is 103 Å². The number of allylic oxidation sites excluding steroid dienone is 5. The predicted molar refractivity (Wildman–Crippen MR) is 168 cm³/mol. The maximum atomic E-state index is 14.5. The molecule has 4 N–H and O–H groups in total. The van der Waals surface area contributed by atoms with Crippen LogP contribution in [-0.4, -0.2) is 43.4 Å². The van der Waals surface area contributed by atoms with E-state index in [2.05, 4.69) is 12.2 Å². The van der Waals surface area contributed by atoms with E-state index in [0.29, 0.717) is 5.92 Å². The lowest BCUT2D eigenvalue weighted by Gasteiger charge is -2.59. The number of phenols is 1. The van der Waals surface area contributed by atoms with Crippen molar-refractivity contribution in [1.82, 2.24) is 0 Å². The fourth-order valence-electron chi connectivity index (χ4n) is 9.69. The molecule has 7 heteroatoms. The van der Waals surface area contributed by atoms with Crippen molar-refractivity contribution in [1.29, 1.82) is 0 Å². The molecule has 6 rings (SSSR count). The van der Waals surface area contributed by atoms with Crippen molar-refractivity contribution in [3.8, 4) is 5.75 Å². The molecule has 234 valence electrons. The van der Waals surface area contributed by atoms with Gasteiger partial charge in [-0.25, -0.2) is 0 Å². The molecule has 5 aliphatic rings. The van der Waals surface area contributed by atoms with E-state index >= 15 is 0 Å². The van der Waals surface area contributed by atoms with Gasteiger partial charge in [0.2, 0.25) is 5.78 Å². The van der Waals surface area contributed by atoms with Gasteiger partial charge < -0.3 is 20.4 Å². The van der Waals surface area contributed by atoms with E-state index in [0.717, 1.165) is 36.5 Å². The van der Waals surface area contributed by atoms with Crippen LogP contribution in [0.2, 0.25) is 0 Å². The van der Waals surface area contributed by atoms with Crippen LogP contribution in [0.3, 0.4) is 0 Å². The number of ketones is 3. The molecule has 0 aromatic heterocycles. The molecule has 1 unspecified atom stereocenters. The number of phenolic OH excluding ortho intramolecular Hbond substituents is 1. The first-order chi connectivity index (χ1) is 20.7. The number of aromatic hydroxyl groups is 1. The third-order valence-electron chi connectivity index (χ3n) is 11.4. The van der Waals surface area contributed by atoms with Gasteiger partial charge in [-0.2, -0.15) is 0 Å². The Morgan fingerprint density at radius 2 is 1.70 bits per heavy atom. The number of benzene rings is 1. The van der Waals surface area contributed by atoms with Crippen LogP contribution in [0.5, 0.6) is 5.75 Å². The number of carbonyl (C=O) groups excluding carboxylic acids is 3. The van der Waals surface area contributed by atoms with Crippen molar-refractivity contribution in [2.24, 2.45) is 28.6 Å². The van der Waals surface area contributed by atoms with Crippen LogP contribution in [-0.2, 0) is 20.8 Å². The van der Waals surface area contributed by atoms with E-state index in [1.807, 2.05) is 13.0 Å². The highest BCUT2D eigenvalue weighted by atomic mass is 16.3. The zero-order chi connectivity index (χ0) is 31.9. The zero-order valence-corrected chi connectivity index (χ0v) is 26.4. The highest BCUT2D eigenvalue weighted by molar-refractivity contribution is 6.24. The van der Waals surface area contributed by atoms with Gasteiger partial charge in [-0.1, -0.05) is 83.6 Å². The minimum atomic E-state index is -2.60. The first kappa shape index (κ1) is 30.6. The largest absolute Gasteiger partial charge is 0.508 e. The minimum Gasteiger partial charge on any atom is -0.508 e. The molecule has 0 saturated heterocycles. The standard InChI is InChI=1S/C37H44O7/c1-19(2)29-31(40)27(20(3)38)33(42)37(44)34(43)30-32(41)28-25(17-35(30,4)18-36(29,37)5)24(13-14-26(28)39)23-12-11-22(16-23)15-21-9-7-6-8-10-21/h11-14,19,21,29,39,41-42,44H,6-10,15-18H2,1-5H3/t29?,35-,36-,37+/m1/s1. The molecule has 5 aliphatic carbocycles. The molecule has 7 nitrogen and oxygen atoms in total. The van der Waals surface area contributed by atoms with E-state index < -0.39 is 56.8 Å². The van der Waals surface area contributed by atoms with Crippen LogP contribution in [0.25, 0.3) is 11.3 Å². The number of carbonyl (C=O) groups is 3. The van der Waals surface area contributed by atoms with Gasteiger partial charge in [-0.3, -0.25) is 14.4 Å². The monoisotopic (exact) mass is 600 g/mol. The van der Waals surface area contributed by atoms with Gasteiger partial charge in [0.1, 0.15) is 22.8 Å². The first-order valence-corrected chi connectivity index (χ1v) is 16.1. The van der Waals surface area contributed by atoms with Crippen LogP contribution in [0.4, 0.5) is 0 Å². The SMILES string of the molecule is CC(=O)C1=C(O)[C@]2(O)C(=O)C3=C(O)c4c(O)ccc(C5=CC=C(CC6CCCCC6)C5)c4C[C@]3(C)C[C@]2(C)C(C(C)C)C1=O. The molecule has 0 spiro atoms. The number of rotatable bonds is 5. The maximum absolute atomic E-state index is 14.5. The topological polar surface area (TPSA) is 132 Å². The minimum absolute atomic E-state index is 0.0875. The van der Waals surface area contributed by atoms with E-state index in [1.165, 1.54) is 43.7 Å². The van der Waals surface area contributed by atoms with Gasteiger partial charge in [0.05, 0.1) is 5.56 Å². The Kier molecular flexibility index (Phi) is 7.15. The summed E-state index contributed by atoms with van der Waals surface area (Å²) in [4.78, 5) is 40.8. The lowest BCUT2D eigenvalue weighted by atomic mass is 9.43. The molecule has 2 fully saturated rings. The molecule has 4 atom stereocenters. The Morgan fingerprint density at radius 1 is 1.02 bits per heavy atom. The molecule has 2 saturated carbocycles. The van der Waals surface area contributed by atoms with Crippen LogP contribution in [0, 0.1) is 28.6 Å². The van der Waals surface area contributed by atoms with Gasteiger partial charge >= 0.3 is 0 Å². The second-order valence-corrected chi connectivity index (χ2v) is 14.8. The quantitative estimate of drug-likeness (QED) is 0.271.